The molecule has 0 unspecified atom stereocenters. The van der Waals surface area contributed by atoms with E-state index in [-0.39, 0.29) is 35.3 Å². The Morgan fingerprint density at radius 2 is 1.90 bits per heavy atom. The maximum Gasteiger partial charge on any atom is 0.573 e. The fraction of sp³-hybridized carbons (Fsp3) is 0.211. The number of benzene rings is 1. The van der Waals surface area contributed by atoms with Crippen LogP contribution >= 0.6 is 0 Å². The van der Waals surface area contributed by atoms with Crippen LogP contribution in [0.15, 0.2) is 47.5 Å². The van der Waals surface area contributed by atoms with Crippen molar-refractivity contribution < 1.29 is 27.8 Å². The molecular formula is C19H17F3N4O4. The molecule has 1 amide bonds. The monoisotopic (exact) mass is 422 g/mol. The number of hydrogen-bond donors (Lipinski definition) is 2. The summed E-state index contributed by atoms with van der Waals surface area (Å²) in [6, 6.07) is 6.08. The normalized spacial score (nSPS) is 11.4. The van der Waals surface area contributed by atoms with Gasteiger partial charge in [-0.15, -0.1) is 13.2 Å². The lowest BCUT2D eigenvalue weighted by Crippen LogP contribution is -2.26. The minimum Gasteiger partial charge on any atom is -0.493 e. The quantitative estimate of drug-likeness (QED) is 0.658. The number of pyridine rings is 1. The molecule has 0 aliphatic heterocycles. The average molecular weight is 422 g/mol. The van der Waals surface area contributed by atoms with Crippen LogP contribution < -0.4 is 15.7 Å². The zero-order valence-electron chi connectivity index (χ0n) is 15.9. The van der Waals surface area contributed by atoms with Gasteiger partial charge in [-0.25, -0.2) is 9.36 Å². The topological polar surface area (TPSA) is 98.4 Å². The van der Waals surface area contributed by atoms with E-state index in [2.05, 4.69) is 15.0 Å². The van der Waals surface area contributed by atoms with Crippen LogP contribution in [-0.2, 0) is 6.54 Å². The zero-order chi connectivity index (χ0) is 22.1. The van der Waals surface area contributed by atoms with Crippen LogP contribution in [0.2, 0.25) is 0 Å². The van der Waals surface area contributed by atoms with Gasteiger partial charge in [0.15, 0.2) is 0 Å². The van der Waals surface area contributed by atoms with E-state index in [0.717, 1.165) is 16.7 Å². The van der Waals surface area contributed by atoms with Gasteiger partial charge in [-0.05, 0) is 42.8 Å². The molecule has 0 radical (unpaired) electrons. The second-order valence-corrected chi connectivity index (χ2v) is 6.27. The van der Waals surface area contributed by atoms with Crippen molar-refractivity contribution in [2.24, 2.45) is 0 Å². The Labute approximate surface area is 168 Å². The van der Waals surface area contributed by atoms with Crippen molar-refractivity contribution in [2.45, 2.75) is 19.8 Å². The maximum absolute atomic E-state index is 12.9. The Hall–Kier alpha value is -3.76. The van der Waals surface area contributed by atoms with E-state index >= 15 is 0 Å². The summed E-state index contributed by atoms with van der Waals surface area (Å²) in [6.07, 6.45) is -2.00. The minimum atomic E-state index is -4.84. The molecule has 0 aliphatic carbocycles. The van der Waals surface area contributed by atoms with Crippen LogP contribution in [0.4, 0.5) is 13.2 Å². The lowest BCUT2D eigenvalue weighted by molar-refractivity contribution is -0.274. The number of halogens is 3. The first kappa shape index (κ1) is 21.0. The fourth-order valence-corrected chi connectivity index (χ4v) is 2.92. The van der Waals surface area contributed by atoms with Crippen LogP contribution in [0.3, 0.4) is 0 Å². The summed E-state index contributed by atoms with van der Waals surface area (Å²) in [4.78, 5) is 28.9. The number of hydrogen-bond acceptors (Lipinski definition) is 5. The predicted molar refractivity (Wildman–Crippen MR) is 99.8 cm³/mol. The number of ether oxygens (including phenoxy) is 1. The molecule has 0 spiro atoms. The number of nitrogens with one attached hydrogen (secondary N) is 1. The number of nitrogens with zero attached hydrogens (tertiary/aromatic N) is 3. The number of aromatic hydroxyl groups is 1. The van der Waals surface area contributed by atoms with E-state index < -0.39 is 17.8 Å². The maximum atomic E-state index is 12.9. The van der Waals surface area contributed by atoms with Crippen LogP contribution in [0.25, 0.3) is 5.69 Å². The van der Waals surface area contributed by atoms with Crippen molar-refractivity contribution in [3.63, 3.8) is 0 Å². The Bertz CT molecular complexity index is 1130. The summed E-state index contributed by atoms with van der Waals surface area (Å²) in [5.74, 6) is -1.21. The molecule has 0 aliphatic rings. The summed E-state index contributed by atoms with van der Waals surface area (Å²) in [7, 11) is 1.46. The van der Waals surface area contributed by atoms with E-state index in [1.807, 2.05) is 0 Å². The first-order valence-corrected chi connectivity index (χ1v) is 8.64. The predicted octanol–water partition coefficient (Wildman–Crippen LogP) is 2.35. The number of carbonyl (C=O) groups is 1. The molecule has 30 heavy (non-hydrogen) atoms. The summed E-state index contributed by atoms with van der Waals surface area (Å²) >= 11 is 0. The third kappa shape index (κ3) is 4.14. The molecule has 2 aromatic heterocycles. The zero-order valence-corrected chi connectivity index (χ0v) is 15.9. The molecule has 11 heteroatoms. The lowest BCUT2D eigenvalue weighted by atomic mass is 10.1. The number of carbonyl (C=O) groups excluding carboxylic acids is 1. The van der Waals surface area contributed by atoms with Gasteiger partial charge in [-0.1, -0.05) is 0 Å². The van der Waals surface area contributed by atoms with Gasteiger partial charge in [-0.3, -0.25) is 14.3 Å². The molecule has 3 aromatic rings. The second kappa shape index (κ2) is 7.93. The second-order valence-electron chi connectivity index (χ2n) is 6.27. The molecule has 3 rings (SSSR count). The van der Waals surface area contributed by atoms with Gasteiger partial charge < -0.3 is 15.2 Å². The molecule has 8 nitrogen and oxygen atoms in total. The molecule has 2 N–H and O–H groups in total. The van der Waals surface area contributed by atoms with Crippen molar-refractivity contribution >= 4 is 5.91 Å². The Morgan fingerprint density at radius 1 is 1.23 bits per heavy atom. The average Bonchev–Trinajstić information content (AvgIpc) is 2.91. The molecule has 0 atom stereocenters. The highest BCUT2D eigenvalue weighted by Gasteiger charge is 2.31. The smallest absolute Gasteiger partial charge is 0.493 e. The van der Waals surface area contributed by atoms with Crippen molar-refractivity contribution in [3.05, 3.63) is 70.0 Å². The fourth-order valence-electron chi connectivity index (χ4n) is 2.92. The first-order valence-electron chi connectivity index (χ1n) is 8.64. The summed E-state index contributed by atoms with van der Waals surface area (Å²) in [5, 5.41) is 12.9. The number of imidazole rings is 1. The summed E-state index contributed by atoms with van der Waals surface area (Å²) in [5.41, 5.74) is 0.507. The van der Waals surface area contributed by atoms with Gasteiger partial charge >= 0.3 is 12.1 Å². The van der Waals surface area contributed by atoms with E-state index in [9.17, 15) is 27.9 Å². The first-order chi connectivity index (χ1) is 14.1. The summed E-state index contributed by atoms with van der Waals surface area (Å²) in [6.45, 7) is 1.49. The number of alkyl halides is 3. The molecule has 0 fully saturated rings. The third-order valence-corrected chi connectivity index (χ3v) is 4.40. The molecule has 0 saturated heterocycles. The Balaban J connectivity index is 1.99. The number of rotatable bonds is 5. The van der Waals surface area contributed by atoms with Crippen LogP contribution in [0.5, 0.6) is 11.6 Å². The van der Waals surface area contributed by atoms with Gasteiger partial charge in [0, 0.05) is 19.4 Å². The molecule has 0 saturated carbocycles. The van der Waals surface area contributed by atoms with Gasteiger partial charge in [0.2, 0.25) is 5.88 Å². The van der Waals surface area contributed by atoms with Crippen molar-refractivity contribution in [1.29, 1.82) is 0 Å². The largest absolute Gasteiger partial charge is 0.573 e. The van der Waals surface area contributed by atoms with E-state index in [0.29, 0.717) is 5.56 Å². The highest BCUT2D eigenvalue weighted by atomic mass is 19.4. The Kier molecular flexibility index (Phi) is 5.54. The SMILES string of the molecule is CNC(=O)c1cnccc1Cn1c(C)c(O)n(-c2ccc(OC(F)(F)F)cc2)c1=O. The third-order valence-electron chi connectivity index (χ3n) is 4.40. The summed E-state index contributed by atoms with van der Waals surface area (Å²) < 4.78 is 43.0. The number of aromatic nitrogens is 3. The molecule has 0 bridgehead atoms. The lowest BCUT2D eigenvalue weighted by Gasteiger charge is -2.10. The molecule has 158 valence electrons. The van der Waals surface area contributed by atoms with E-state index in [1.54, 1.807) is 6.07 Å². The number of amides is 1. The van der Waals surface area contributed by atoms with E-state index in [4.69, 9.17) is 0 Å². The van der Waals surface area contributed by atoms with Crippen LogP contribution in [0, 0.1) is 6.92 Å². The highest BCUT2D eigenvalue weighted by molar-refractivity contribution is 5.95. The molecule has 1 aromatic carbocycles. The van der Waals surface area contributed by atoms with Gasteiger partial charge in [0.1, 0.15) is 5.75 Å². The van der Waals surface area contributed by atoms with Gasteiger partial charge in [0.25, 0.3) is 5.91 Å². The van der Waals surface area contributed by atoms with Crippen molar-refractivity contribution in [3.8, 4) is 17.3 Å². The van der Waals surface area contributed by atoms with Gasteiger partial charge in [0.05, 0.1) is 23.5 Å². The Morgan fingerprint density at radius 3 is 2.50 bits per heavy atom. The van der Waals surface area contributed by atoms with Crippen LogP contribution in [-0.4, -0.2) is 38.5 Å². The van der Waals surface area contributed by atoms with Crippen molar-refractivity contribution in [2.75, 3.05) is 7.05 Å². The molecule has 2 heterocycles. The minimum absolute atomic E-state index is 0.0221. The van der Waals surface area contributed by atoms with Crippen molar-refractivity contribution in [1.82, 2.24) is 19.4 Å². The molecular weight excluding hydrogens is 405 g/mol. The highest BCUT2D eigenvalue weighted by Crippen LogP contribution is 2.26. The standard InChI is InChI=1S/C19H17F3N4O4/c1-11-17(28)26(13-3-5-14(6-4-13)30-19(20,21)22)18(29)25(11)10-12-7-8-24-9-15(12)16(27)23-2/h3-9,28H,10H2,1-2H3,(H,23,27). The van der Waals surface area contributed by atoms with Gasteiger partial charge in [-0.2, -0.15) is 0 Å². The van der Waals surface area contributed by atoms with Crippen LogP contribution in [0.1, 0.15) is 21.6 Å². The van der Waals surface area contributed by atoms with E-state index in [1.165, 1.54) is 43.1 Å².